The zero-order valence-electron chi connectivity index (χ0n) is 47.2. The van der Waals surface area contributed by atoms with Crippen LogP contribution in [0, 0.1) is 23.7 Å². The van der Waals surface area contributed by atoms with Gasteiger partial charge in [0, 0.05) is 24.7 Å². The fraction of sp³-hybridized carbons (Fsp3) is 0.361. The van der Waals surface area contributed by atoms with Gasteiger partial charge in [-0.2, -0.15) is 0 Å². The van der Waals surface area contributed by atoms with E-state index in [-0.39, 0.29) is 53.3 Å². The van der Waals surface area contributed by atoms with Gasteiger partial charge in [-0.05, 0) is 201 Å². The summed E-state index contributed by atoms with van der Waals surface area (Å²) in [4.78, 5) is 30.6. The fourth-order valence-electron chi connectivity index (χ4n) is 17.0. The molecule has 426 valence electrons. The average Bonchev–Trinajstić information content (AvgIpc) is 1.19. The average molecular weight is 1110 g/mol. The van der Waals surface area contributed by atoms with E-state index in [9.17, 15) is 30.3 Å². The minimum atomic E-state index is -1.17. The lowest BCUT2D eigenvalue weighted by molar-refractivity contribution is -0.174. The van der Waals surface area contributed by atoms with Crippen LogP contribution in [0.25, 0.3) is 32.7 Å². The summed E-state index contributed by atoms with van der Waals surface area (Å²) >= 11 is 0. The molecule has 5 N–H and O–H groups in total. The molecule has 83 heavy (non-hydrogen) atoms. The number of methoxy groups -OCH3 is 2. The molecular weight excluding hydrogens is 1040 g/mol. The zero-order chi connectivity index (χ0) is 57.3. The SMILES string of the molecule is COc1cc2c(cc1O)[C@@H]1C[C@@H](O)[C@H]3Cc4cc(O)c(OC)cc4[C@H]4C[C@H](OC(=O)[C@]5(c6ccc7cc(O)cc(-c8ccccc8)c7c6)CCC[C@@H]5CC[C@H](O)Cc5ccccc5)C[C@@H](OC(C)=O)[C@@H](C2)[C@]1(c1ccc2ccccc2c1)[C@H]34. The van der Waals surface area contributed by atoms with Crippen molar-refractivity contribution in [1.82, 2.24) is 0 Å². The van der Waals surface area contributed by atoms with Gasteiger partial charge in [-0.25, -0.2) is 0 Å². The van der Waals surface area contributed by atoms with Crippen molar-refractivity contribution in [2.75, 3.05) is 14.2 Å². The number of carbonyl (C=O) groups is 2. The molecule has 3 fully saturated rings. The Balaban J connectivity index is 0.994. The normalized spacial score (nSPS) is 27.3. The van der Waals surface area contributed by atoms with Crippen molar-refractivity contribution in [3.8, 4) is 39.9 Å². The second kappa shape index (κ2) is 21.7. The van der Waals surface area contributed by atoms with Crippen LogP contribution in [0.15, 0.2) is 158 Å². The highest BCUT2D eigenvalue weighted by molar-refractivity contribution is 5.99. The molecule has 12 atom stereocenters. The first-order valence-electron chi connectivity index (χ1n) is 29.7. The molecule has 0 unspecified atom stereocenters. The van der Waals surface area contributed by atoms with Crippen molar-refractivity contribution in [3.05, 3.63) is 197 Å². The molecule has 0 radical (unpaired) electrons. The highest BCUT2D eigenvalue weighted by Gasteiger charge is 2.67. The predicted molar refractivity (Wildman–Crippen MR) is 319 cm³/mol. The van der Waals surface area contributed by atoms with Gasteiger partial charge in [-0.15, -0.1) is 0 Å². The van der Waals surface area contributed by atoms with Crippen molar-refractivity contribution < 1.29 is 54.1 Å². The Labute approximate surface area is 484 Å². The molecule has 11 heteroatoms. The molecule has 0 aromatic heterocycles. The lowest BCUT2D eigenvalue weighted by Gasteiger charge is -2.66. The van der Waals surface area contributed by atoms with Crippen molar-refractivity contribution in [3.63, 3.8) is 0 Å². The molecule has 0 amide bonds. The Morgan fingerprint density at radius 1 is 0.675 bits per heavy atom. The van der Waals surface area contributed by atoms with Crippen LogP contribution in [-0.4, -0.2) is 76.1 Å². The van der Waals surface area contributed by atoms with Crippen molar-refractivity contribution in [1.29, 1.82) is 0 Å². The molecule has 0 heterocycles. The van der Waals surface area contributed by atoms with Crippen molar-refractivity contribution in [2.45, 2.75) is 125 Å². The molecule has 0 saturated heterocycles. The molecule has 5 aliphatic carbocycles. The van der Waals surface area contributed by atoms with Gasteiger partial charge in [0.05, 0.1) is 31.8 Å². The summed E-state index contributed by atoms with van der Waals surface area (Å²) in [6.45, 7) is 1.44. The first kappa shape index (κ1) is 54.4. The van der Waals surface area contributed by atoms with Crippen LogP contribution >= 0.6 is 0 Å². The van der Waals surface area contributed by atoms with Crippen molar-refractivity contribution >= 4 is 33.5 Å². The summed E-state index contributed by atoms with van der Waals surface area (Å²) in [7, 11) is 3.08. The summed E-state index contributed by atoms with van der Waals surface area (Å²) in [5.74, 6) is -2.27. The maximum Gasteiger partial charge on any atom is 0.317 e. The van der Waals surface area contributed by atoms with Crippen LogP contribution < -0.4 is 9.47 Å². The minimum absolute atomic E-state index is 0.000725. The molecule has 3 saturated carbocycles. The van der Waals surface area contributed by atoms with Gasteiger partial charge < -0.3 is 44.5 Å². The Bertz CT molecular complexity index is 3770. The highest BCUT2D eigenvalue weighted by atomic mass is 16.6. The number of carbonyl (C=O) groups excluding carboxylic acids is 2. The quantitative estimate of drug-likeness (QED) is 0.0696. The van der Waals surface area contributed by atoms with Crippen LogP contribution in [0.5, 0.6) is 28.7 Å². The maximum absolute atomic E-state index is 16.6. The molecule has 13 rings (SSSR count). The number of fused-ring (bicyclic) bond motifs is 6. The predicted octanol–water partition coefficient (Wildman–Crippen LogP) is 13.1. The van der Waals surface area contributed by atoms with Crippen LogP contribution in [0.4, 0.5) is 0 Å². The monoisotopic (exact) mass is 1110 g/mol. The number of benzene rings is 8. The molecule has 5 aliphatic rings. The molecule has 0 bridgehead atoms. The summed E-state index contributed by atoms with van der Waals surface area (Å²) in [5, 5.41) is 62.8. The Kier molecular flexibility index (Phi) is 14.2. The van der Waals surface area contributed by atoms with Gasteiger partial charge >= 0.3 is 11.9 Å². The van der Waals surface area contributed by atoms with E-state index in [1.54, 1.807) is 25.3 Å². The van der Waals surface area contributed by atoms with E-state index in [2.05, 4.69) is 36.4 Å². The second-order valence-electron chi connectivity index (χ2n) is 24.5. The smallest absolute Gasteiger partial charge is 0.317 e. The first-order chi connectivity index (χ1) is 40.3. The Morgan fingerprint density at radius 3 is 2.14 bits per heavy atom. The molecule has 8 aromatic carbocycles. The number of phenols is 3. The summed E-state index contributed by atoms with van der Waals surface area (Å²) in [6, 6.07) is 51.9. The number of hydrogen-bond acceptors (Lipinski definition) is 11. The lowest BCUT2D eigenvalue weighted by Crippen LogP contribution is -2.65. The lowest BCUT2D eigenvalue weighted by atomic mass is 9.38. The topological polar surface area (TPSA) is 172 Å². The summed E-state index contributed by atoms with van der Waals surface area (Å²) in [6.07, 6.45) is 2.01. The van der Waals surface area contributed by atoms with E-state index >= 15 is 4.79 Å². The second-order valence-corrected chi connectivity index (χ2v) is 24.5. The van der Waals surface area contributed by atoms with E-state index < -0.39 is 53.1 Å². The molecule has 11 nitrogen and oxygen atoms in total. The summed E-state index contributed by atoms with van der Waals surface area (Å²) < 4.78 is 25.8. The van der Waals surface area contributed by atoms with E-state index in [1.165, 1.54) is 14.0 Å². The highest BCUT2D eigenvalue weighted by Crippen LogP contribution is 2.70. The summed E-state index contributed by atoms with van der Waals surface area (Å²) in [5.41, 5.74) is 6.28. The van der Waals surface area contributed by atoms with Gasteiger partial charge in [0.15, 0.2) is 23.0 Å². The maximum atomic E-state index is 16.6. The number of aliphatic hydroxyl groups excluding tert-OH is 2. The van der Waals surface area contributed by atoms with Gasteiger partial charge in [0.2, 0.25) is 0 Å². The third-order valence-electron chi connectivity index (χ3n) is 20.3. The Hall–Kier alpha value is -7.86. The number of aromatic hydroxyl groups is 3. The van der Waals surface area contributed by atoms with Crippen LogP contribution in [0.2, 0.25) is 0 Å². The third kappa shape index (κ3) is 9.35. The van der Waals surface area contributed by atoms with Crippen LogP contribution in [0.3, 0.4) is 0 Å². The van der Waals surface area contributed by atoms with Gasteiger partial charge in [0.25, 0.3) is 0 Å². The number of aliphatic hydroxyl groups is 2. The zero-order valence-corrected chi connectivity index (χ0v) is 47.2. The number of hydrogen-bond donors (Lipinski definition) is 5. The third-order valence-corrected chi connectivity index (χ3v) is 20.3. The standard InChI is InChI=1S/C72H72O11/c1-41(73)82-66-37-54(83-70(79)71(26-12-19-49(71)24-25-52(74)27-42-13-6-4-7-14-42)50-22-21-46-29-53(75)35-56(55(46)34-50)44-16-8-5-9-17-44)36-59-57-39-68(81-3)64(77)32-47(57)30-60-63(76)40-61-58-38-65(78)67(80-2)33-48(58)31-62(66)72(61,69(59)60)51-23-20-43-15-10-11-18-45(43)28-51/h4-11,13-18,20-23,28-29,32-35,38-39,49,52,54,59-63,66,69,74-78H,12,19,24-27,30-31,36-37,40H2,1-3H3/t49-,52+,54+,59-,60-,61+,62-,63-,66-,69+,71-,72-/m1/s1. The van der Waals surface area contributed by atoms with Crippen LogP contribution in [0.1, 0.15) is 109 Å². The molecule has 0 aliphatic heterocycles. The molecule has 0 spiro atoms. The van der Waals surface area contributed by atoms with Gasteiger partial charge in [-0.1, -0.05) is 122 Å². The molecular formula is C72H72O11. The fourth-order valence-corrected chi connectivity index (χ4v) is 17.0. The number of rotatable bonds is 13. The van der Waals surface area contributed by atoms with E-state index in [0.717, 1.165) is 84.5 Å². The number of ether oxygens (including phenoxy) is 4. The first-order valence-corrected chi connectivity index (χ1v) is 29.7. The minimum Gasteiger partial charge on any atom is -0.508 e. The number of phenolic OH excluding ortho intramolecular Hbond substituents is 3. The van der Waals surface area contributed by atoms with E-state index in [1.807, 2.05) is 103 Å². The van der Waals surface area contributed by atoms with Crippen molar-refractivity contribution in [2.24, 2.45) is 23.7 Å². The number of esters is 2. The van der Waals surface area contributed by atoms with E-state index in [0.29, 0.717) is 62.9 Å². The molecule has 8 aromatic rings. The largest absolute Gasteiger partial charge is 0.508 e. The van der Waals surface area contributed by atoms with E-state index in [4.69, 9.17) is 18.9 Å². The van der Waals surface area contributed by atoms with Gasteiger partial charge in [-0.3, -0.25) is 9.59 Å². The Morgan fingerprint density at radius 2 is 1.37 bits per heavy atom. The van der Waals surface area contributed by atoms with Crippen LogP contribution in [-0.2, 0) is 49.2 Å². The van der Waals surface area contributed by atoms with Gasteiger partial charge in [0.1, 0.15) is 18.0 Å².